The van der Waals surface area contributed by atoms with Crippen LogP contribution in [0.4, 0.5) is 5.69 Å². The lowest BCUT2D eigenvalue weighted by Gasteiger charge is -2.32. The molecule has 0 spiro atoms. The number of hydrogen-bond acceptors (Lipinski definition) is 0. The van der Waals surface area contributed by atoms with Crippen molar-refractivity contribution in [3.63, 3.8) is 0 Å². The third kappa shape index (κ3) is 2.52. The zero-order valence-electron chi connectivity index (χ0n) is 13.0. The Morgan fingerprint density at radius 3 is 2.43 bits per heavy atom. The first-order chi connectivity index (χ1) is 10.4. The SMILES string of the molecule is c1ccc2c(c1)[N]C1=C2CCCC1C1CCCCCCC1. The van der Waals surface area contributed by atoms with Gasteiger partial charge in [0.05, 0.1) is 5.69 Å². The van der Waals surface area contributed by atoms with Crippen molar-refractivity contribution >= 4 is 11.3 Å². The Bertz CT molecular complexity index is 535. The van der Waals surface area contributed by atoms with Crippen LogP contribution >= 0.6 is 0 Å². The highest BCUT2D eigenvalue weighted by atomic mass is 14.9. The molecule has 2 aliphatic carbocycles. The van der Waals surface area contributed by atoms with Crippen LogP contribution in [0.1, 0.15) is 69.8 Å². The Labute approximate surface area is 128 Å². The Morgan fingerprint density at radius 2 is 1.57 bits per heavy atom. The highest BCUT2D eigenvalue weighted by Crippen LogP contribution is 2.48. The molecule has 3 aliphatic rings. The summed E-state index contributed by atoms with van der Waals surface area (Å²) < 4.78 is 0. The molecular formula is C20H26N. The van der Waals surface area contributed by atoms with E-state index in [4.69, 9.17) is 5.32 Å². The molecule has 1 atom stereocenters. The summed E-state index contributed by atoms with van der Waals surface area (Å²) in [7, 11) is 0. The number of fused-ring (bicyclic) bond motifs is 2. The smallest absolute Gasteiger partial charge is 0.0708 e. The molecule has 0 saturated heterocycles. The largest absolute Gasteiger partial charge is 0.252 e. The van der Waals surface area contributed by atoms with E-state index in [-0.39, 0.29) is 0 Å². The Morgan fingerprint density at radius 1 is 0.810 bits per heavy atom. The summed E-state index contributed by atoms with van der Waals surface area (Å²) in [5, 5.41) is 5.06. The molecule has 1 nitrogen and oxygen atoms in total. The van der Waals surface area contributed by atoms with Crippen LogP contribution in [0.5, 0.6) is 0 Å². The summed E-state index contributed by atoms with van der Waals surface area (Å²) in [6.07, 6.45) is 14.1. The van der Waals surface area contributed by atoms with E-state index in [1.54, 1.807) is 5.57 Å². The van der Waals surface area contributed by atoms with E-state index in [0.29, 0.717) is 0 Å². The van der Waals surface area contributed by atoms with Gasteiger partial charge in [-0.1, -0.05) is 50.3 Å². The van der Waals surface area contributed by atoms with Gasteiger partial charge in [0.2, 0.25) is 0 Å². The molecule has 111 valence electrons. The van der Waals surface area contributed by atoms with Crippen molar-refractivity contribution in [3.8, 4) is 0 Å². The van der Waals surface area contributed by atoms with Gasteiger partial charge < -0.3 is 0 Å². The first-order valence-corrected chi connectivity index (χ1v) is 8.97. The predicted molar refractivity (Wildman–Crippen MR) is 88.3 cm³/mol. The van der Waals surface area contributed by atoms with Gasteiger partial charge in [-0.15, -0.1) is 0 Å². The summed E-state index contributed by atoms with van der Waals surface area (Å²) >= 11 is 0. The number of allylic oxidation sites excluding steroid dienone is 2. The molecule has 1 saturated carbocycles. The number of rotatable bonds is 1. The second-order valence-electron chi connectivity index (χ2n) is 7.10. The molecule has 1 aromatic carbocycles. The molecular weight excluding hydrogens is 254 g/mol. The molecule has 1 aliphatic heterocycles. The van der Waals surface area contributed by atoms with Crippen molar-refractivity contribution < 1.29 is 0 Å². The van der Waals surface area contributed by atoms with Crippen LogP contribution < -0.4 is 5.32 Å². The van der Waals surface area contributed by atoms with Crippen molar-refractivity contribution in [1.82, 2.24) is 5.32 Å². The third-order valence-electron chi connectivity index (χ3n) is 5.79. The normalized spacial score (nSPS) is 26.6. The van der Waals surface area contributed by atoms with E-state index >= 15 is 0 Å². The van der Waals surface area contributed by atoms with Gasteiger partial charge in [-0.05, 0) is 49.7 Å². The van der Waals surface area contributed by atoms with Crippen LogP contribution in [0.15, 0.2) is 30.0 Å². The average molecular weight is 280 g/mol. The maximum atomic E-state index is 5.06. The number of nitrogens with zero attached hydrogens (tertiary/aromatic N) is 1. The molecule has 4 rings (SSSR count). The van der Waals surface area contributed by atoms with Crippen molar-refractivity contribution in [2.24, 2.45) is 11.8 Å². The monoisotopic (exact) mass is 280 g/mol. The molecule has 0 amide bonds. The summed E-state index contributed by atoms with van der Waals surface area (Å²) in [5.41, 5.74) is 5.74. The lowest BCUT2D eigenvalue weighted by molar-refractivity contribution is 0.269. The first kappa shape index (κ1) is 13.4. The van der Waals surface area contributed by atoms with Crippen LogP contribution in [0.3, 0.4) is 0 Å². The molecule has 1 heteroatoms. The minimum absolute atomic E-state index is 0.749. The molecule has 21 heavy (non-hydrogen) atoms. The zero-order chi connectivity index (χ0) is 14.1. The Balaban J connectivity index is 1.60. The van der Waals surface area contributed by atoms with Crippen LogP contribution in [-0.4, -0.2) is 0 Å². The van der Waals surface area contributed by atoms with Gasteiger partial charge in [-0.25, -0.2) is 0 Å². The second kappa shape index (κ2) is 5.87. The van der Waals surface area contributed by atoms with Crippen LogP contribution in [0.2, 0.25) is 0 Å². The molecule has 1 aromatic rings. The standard InChI is InChI=1S/C20H26N/c1-2-4-9-15(10-5-3-1)16-12-8-13-18-17-11-6-7-14-19(17)21-20(16)18/h6-7,11,14-16H,1-5,8-10,12-13H2. The van der Waals surface area contributed by atoms with Gasteiger partial charge in [0.1, 0.15) is 0 Å². The molecule has 1 fully saturated rings. The van der Waals surface area contributed by atoms with Gasteiger partial charge in [0.15, 0.2) is 0 Å². The summed E-state index contributed by atoms with van der Waals surface area (Å²) in [6.45, 7) is 0. The van der Waals surface area contributed by atoms with Crippen LogP contribution in [0, 0.1) is 11.8 Å². The minimum atomic E-state index is 0.749. The molecule has 0 bridgehead atoms. The zero-order valence-corrected chi connectivity index (χ0v) is 13.0. The number of benzene rings is 1. The molecule has 1 radical (unpaired) electrons. The van der Waals surface area contributed by atoms with Gasteiger partial charge in [0, 0.05) is 17.2 Å². The van der Waals surface area contributed by atoms with Crippen molar-refractivity contribution in [2.45, 2.75) is 64.2 Å². The van der Waals surface area contributed by atoms with E-state index in [1.165, 1.54) is 81.2 Å². The van der Waals surface area contributed by atoms with Gasteiger partial charge >= 0.3 is 0 Å². The summed E-state index contributed by atoms with van der Waals surface area (Å²) in [4.78, 5) is 0. The lowest BCUT2D eigenvalue weighted by atomic mass is 9.74. The number of hydrogen-bond donors (Lipinski definition) is 0. The molecule has 1 heterocycles. The second-order valence-corrected chi connectivity index (χ2v) is 7.10. The van der Waals surface area contributed by atoms with E-state index in [2.05, 4.69) is 24.3 Å². The molecule has 1 unspecified atom stereocenters. The fourth-order valence-electron chi connectivity index (χ4n) is 4.72. The number of para-hydroxylation sites is 1. The van der Waals surface area contributed by atoms with Gasteiger partial charge in [-0.2, -0.15) is 0 Å². The topological polar surface area (TPSA) is 14.1 Å². The first-order valence-electron chi connectivity index (χ1n) is 8.97. The quantitative estimate of drug-likeness (QED) is 0.616. The van der Waals surface area contributed by atoms with Crippen molar-refractivity contribution in [1.29, 1.82) is 0 Å². The van der Waals surface area contributed by atoms with Crippen molar-refractivity contribution in [3.05, 3.63) is 35.5 Å². The fraction of sp³-hybridized carbons (Fsp3) is 0.600. The van der Waals surface area contributed by atoms with E-state index in [0.717, 1.165) is 11.8 Å². The maximum Gasteiger partial charge on any atom is 0.0708 e. The van der Waals surface area contributed by atoms with E-state index in [1.807, 2.05) is 0 Å². The third-order valence-corrected chi connectivity index (χ3v) is 5.79. The Hall–Kier alpha value is -1.24. The fourth-order valence-corrected chi connectivity index (χ4v) is 4.72. The van der Waals surface area contributed by atoms with Crippen LogP contribution in [-0.2, 0) is 0 Å². The highest BCUT2D eigenvalue weighted by molar-refractivity contribution is 5.82. The lowest BCUT2D eigenvalue weighted by Crippen LogP contribution is -2.23. The van der Waals surface area contributed by atoms with Gasteiger partial charge in [-0.3, -0.25) is 5.32 Å². The Kier molecular flexibility index (Phi) is 3.75. The maximum absolute atomic E-state index is 5.06. The van der Waals surface area contributed by atoms with Crippen LogP contribution in [0.25, 0.3) is 5.57 Å². The average Bonchev–Trinajstić information content (AvgIpc) is 2.86. The minimum Gasteiger partial charge on any atom is -0.252 e. The van der Waals surface area contributed by atoms with E-state index < -0.39 is 0 Å². The van der Waals surface area contributed by atoms with Gasteiger partial charge in [0.25, 0.3) is 0 Å². The highest BCUT2D eigenvalue weighted by Gasteiger charge is 2.35. The molecule has 0 aromatic heterocycles. The van der Waals surface area contributed by atoms with E-state index in [9.17, 15) is 0 Å². The summed E-state index contributed by atoms with van der Waals surface area (Å²) in [5.74, 6) is 1.65. The molecule has 0 N–H and O–H groups in total. The predicted octanol–water partition coefficient (Wildman–Crippen LogP) is 5.81. The van der Waals surface area contributed by atoms with Crippen molar-refractivity contribution in [2.75, 3.05) is 0 Å². The summed E-state index contributed by atoms with van der Waals surface area (Å²) in [6, 6.07) is 8.78.